The highest BCUT2D eigenvalue weighted by molar-refractivity contribution is 7.91. The standard InChI is InChI=1S/C28H30N2O4S/c1-28(2,23-6-4-3-5-7-23)30-27(32)22-12-14-24(15-13-22)29-26(31)18-20-10-16-25(17-11-20)35(33,34)19-21-8-9-21/h3-7,10-17,21H,8-9,18-19H2,1-2H3,(H,29,31)(H,30,32). The third-order valence-corrected chi connectivity index (χ3v) is 8.05. The van der Waals surface area contributed by atoms with E-state index >= 15 is 0 Å². The average Bonchev–Trinajstić information content (AvgIpc) is 3.63. The Bertz CT molecular complexity index is 1300. The zero-order valence-corrected chi connectivity index (χ0v) is 20.8. The first-order chi connectivity index (χ1) is 16.6. The van der Waals surface area contributed by atoms with Crippen LogP contribution in [0, 0.1) is 5.92 Å². The molecule has 0 unspecified atom stereocenters. The van der Waals surface area contributed by atoms with Crippen LogP contribution in [0.25, 0.3) is 0 Å². The van der Waals surface area contributed by atoms with Crippen molar-refractivity contribution in [3.8, 4) is 0 Å². The molecule has 7 heteroatoms. The lowest BCUT2D eigenvalue weighted by atomic mass is 9.94. The van der Waals surface area contributed by atoms with Crippen LogP contribution >= 0.6 is 0 Å². The number of carbonyl (C=O) groups is 2. The number of anilines is 1. The van der Waals surface area contributed by atoms with Crippen molar-refractivity contribution >= 4 is 27.3 Å². The molecule has 1 aliphatic carbocycles. The van der Waals surface area contributed by atoms with E-state index in [1.54, 1.807) is 48.5 Å². The number of sulfone groups is 1. The Morgan fingerprint density at radius 3 is 2.11 bits per heavy atom. The lowest BCUT2D eigenvalue weighted by Crippen LogP contribution is -2.40. The van der Waals surface area contributed by atoms with Crippen molar-refractivity contribution in [1.29, 1.82) is 0 Å². The van der Waals surface area contributed by atoms with Gasteiger partial charge < -0.3 is 10.6 Å². The normalized spacial score (nSPS) is 13.8. The van der Waals surface area contributed by atoms with Crippen molar-refractivity contribution in [1.82, 2.24) is 5.32 Å². The van der Waals surface area contributed by atoms with Gasteiger partial charge in [-0.3, -0.25) is 9.59 Å². The average molecular weight is 491 g/mol. The first-order valence-electron chi connectivity index (χ1n) is 11.7. The van der Waals surface area contributed by atoms with Gasteiger partial charge in [0, 0.05) is 11.3 Å². The zero-order chi connectivity index (χ0) is 25.1. The van der Waals surface area contributed by atoms with Crippen LogP contribution < -0.4 is 10.6 Å². The molecule has 0 aromatic heterocycles. The van der Waals surface area contributed by atoms with E-state index in [1.807, 2.05) is 44.2 Å². The molecule has 3 aromatic rings. The van der Waals surface area contributed by atoms with Crippen LogP contribution in [0.15, 0.2) is 83.8 Å². The second-order valence-electron chi connectivity index (χ2n) is 9.62. The fourth-order valence-electron chi connectivity index (χ4n) is 3.88. The SMILES string of the molecule is CC(C)(NC(=O)c1ccc(NC(=O)Cc2ccc(S(=O)(=O)CC3CC3)cc2)cc1)c1ccccc1. The minimum atomic E-state index is -3.26. The molecule has 1 saturated carbocycles. The summed E-state index contributed by atoms with van der Waals surface area (Å²) in [6, 6.07) is 23.0. The highest BCUT2D eigenvalue weighted by Gasteiger charge is 2.29. The third kappa shape index (κ3) is 6.57. The summed E-state index contributed by atoms with van der Waals surface area (Å²) in [5.41, 5.74) is 2.28. The predicted molar refractivity (Wildman–Crippen MR) is 137 cm³/mol. The van der Waals surface area contributed by atoms with Crippen molar-refractivity contribution in [2.24, 2.45) is 5.92 Å². The van der Waals surface area contributed by atoms with Gasteiger partial charge in [0.15, 0.2) is 9.84 Å². The quantitative estimate of drug-likeness (QED) is 0.454. The van der Waals surface area contributed by atoms with Gasteiger partial charge in [-0.25, -0.2) is 8.42 Å². The highest BCUT2D eigenvalue weighted by Crippen LogP contribution is 2.32. The Hall–Kier alpha value is -3.45. The molecule has 35 heavy (non-hydrogen) atoms. The van der Waals surface area contributed by atoms with Gasteiger partial charge in [0.1, 0.15) is 0 Å². The summed E-state index contributed by atoms with van der Waals surface area (Å²) in [7, 11) is -3.26. The van der Waals surface area contributed by atoms with E-state index in [-0.39, 0.29) is 24.0 Å². The van der Waals surface area contributed by atoms with E-state index in [0.717, 1.165) is 24.0 Å². The summed E-state index contributed by atoms with van der Waals surface area (Å²) in [5.74, 6) is 0.0673. The minimum Gasteiger partial charge on any atom is -0.343 e. The topological polar surface area (TPSA) is 92.3 Å². The van der Waals surface area contributed by atoms with E-state index in [4.69, 9.17) is 0 Å². The molecule has 6 nitrogen and oxygen atoms in total. The van der Waals surface area contributed by atoms with Gasteiger partial charge in [-0.05, 0) is 80.1 Å². The molecule has 0 saturated heterocycles. The van der Waals surface area contributed by atoms with Crippen molar-refractivity contribution in [2.45, 2.75) is 43.5 Å². The van der Waals surface area contributed by atoms with Gasteiger partial charge in [-0.2, -0.15) is 0 Å². The lowest BCUT2D eigenvalue weighted by molar-refractivity contribution is -0.115. The van der Waals surface area contributed by atoms with E-state index in [1.165, 1.54) is 0 Å². The molecule has 1 fully saturated rings. The highest BCUT2D eigenvalue weighted by atomic mass is 32.2. The molecule has 4 rings (SSSR count). The van der Waals surface area contributed by atoms with Crippen molar-refractivity contribution in [3.63, 3.8) is 0 Å². The zero-order valence-electron chi connectivity index (χ0n) is 20.0. The van der Waals surface area contributed by atoms with E-state index in [2.05, 4.69) is 10.6 Å². The Morgan fingerprint density at radius 2 is 1.51 bits per heavy atom. The first kappa shape index (κ1) is 24.7. The second-order valence-corrected chi connectivity index (χ2v) is 11.7. The lowest BCUT2D eigenvalue weighted by Gasteiger charge is -2.27. The van der Waals surface area contributed by atoms with Gasteiger partial charge in [-0.15, -0.1) is 0 Å². The predicted octanol–water partition coefficient (Wildman–Crippen LogP) is 4.72. The van der Waals surface area contributed by atoms with E-state index < -0.39 is 15.4 Å². The van der Waals surface area contributed by atoms with Crippen LogP contribution in [-0.2, 0) is 26.6 Å². The number of carbonyl (C=O) groups excluding carboxylic acids is 2. The Morgan fingerprint density at radius 1 is 0.886 bits per heavy atom. The van der Waals surface area contributed by atoms with Crippen molar-refractivity contribution < 1.29 is 18.0 Å². The second kappa shape index (κ2) is 10.0. The molecule has 2 amide bonds. The van der Waals surface area contributed by atoms with Gasteiger partial charge in [0.25, 0.3) is 5.91 Å². The fraction of sp³-hybridized carbons (Fsp3) is 0.286. The van der Waals surface area contributed by atoms with Gasteiger partial charge in [-0.1, -0.05) is 42.5 Å². The first-order valence-corrected chi connectivity index (χ1v) is 13.4. The summed E-state index contributed by atoms with van der Waals surface area (Å²) in [6.07, 6.45) is 2.08. The number of nitrogens with one attached hydrogen (secondary N) is 2. The summed E-state index contributed by atoms with van der Waals surface area (Å²) in [4.78, 5) is 25.5. The van der Waals surface area contributed by atoms with Gasteiger partial charge in [0.05, 0.1) is 22.6 Å². The van der Waals surface area contributed by atoms with Crippen LogP contribution in [0.3, 0.4) is 0 Å². The molecule has 0 atom stereocenters. The number of benzene rings is 3. The molecule has 0 heterocycles. The summed E-state index contributed by atoms with van der Waals surface area (Å²) in [6.45, 7) is 3.90. The molecule has 3 aromatic carbocycles. The van der Waals surface area contributed by atoms with E-state index in [9.17, 15) is 18.0 Å². The fourth-order valence-corrected chi connectivity index (χ4v) is 5.58. The third-order valence-electron chi connectivity index (χ3n) is 6.15. The maximum absolute atomic E-state index is 12.7. The van der Waals surface area contributed by atoms with Gasteiger partial charge >= 0.3 is 0 Å². The van der Waals surface area contributed by atoms with Gasteiger partial charge in [0.2, 0.25) is 5.91 Å². The molecule has 182 valence electrons. The van der Waals surface area contributed by atoms with Crippen LogP contribution in [0.2, 0.25) is 0 Å². The molecular weight excluding hydrogens is 460 g/mol. The number of rotatable bonds is 9. The molecule has 0 radical (unpaired) electrons. The maximum atomic E-state index is 12.7. The maximum Gasteiger partial charge on any atom is 0.251 e. The molecule has 0 bridgehead atoms. The Balaban J connectivity index is 1.32. The smallest absolute Gasteiger partial charge is 0.251 e. The Kier molecular flexibility index (Phi) is 7.08. The molecule has 0 aliphatic heterocycles. The molecule has 2 N–H and O–H groups in total. The van der Waals surface area contributed by atoms with Crippen molar-refractivity contribution in [3.05, 3.63) is 95.6 Å². The number of hydrogen-bond acceptors (Lipinski definition) is 4. The largest absolute Gasteiger partial charge is 0.343 e. The van der Waals surface area contributed by atoms with Crippen LogP contribution in [0.5, 0.6) is 0 Å². The molecule has 0 spiro atoms. The van der Waals surface area contributed by atoms with Crippen LogP contribution in [-0.4, -0.2) is 26.0 Å². The van der Waals surface area contributed by atoms with Crippen LogP contribution in [0.4, 0.5) is 5.69 Å². The Labute approximate surface area is 206 Å². The molecular formula is C28H30N2O4S. The van der Waals surface area contributed by atoms with Crippen LogP contribution in [0.1, 0.15) is 48.2 Å². The summed E-state index contributed by atoms with van der Waals surface area (Å²) < 4.78 is 24.7. The molecule has 1 aliphatic rings. The monoisotopic (exact) mass is 490 g/mol. The number of hydrogen-bond donors (Lipinski definition) is 2. The summed E-state index contributed by atoms with van der Waals surface area (Å²) in [5, 5.41) is 5.86. The summed E-state index contributed by atoms with van der Waals surface area (Å²) >= 11 is 0. The van der Waals surface area contributed by atoms with Crippen molar-refractivity contribution in [2.75, 3.05) is 11.1 Å². The minimum absolute atomic E-state index is 0.121. The number of amides is 2. The van der Waals surface area contributed by atoms with E-state index in [0.29, 0.717) is 22.1 Å².